The number of benzene rings is 2. The first-order valence-electron chi connectivity index (χ1n) is 9.78. The highest BCUT2D eigenvalue weighted by Gasteiger charge is 2.30. The zero-order valence-electron chi connectivity index (χ0n) is 17.3. The second kappa shape index (κ2) is 9.29. The summed E-state index contributed by atoms with van der Waals surface area (Å²) in [6.45, 7) is 1.96. The van der Waals surface area contributed by atoms with Gasteiger partial charge in [0.05, 0.1) is 34.4 Å². The lowest BCUT2D eigenvalue weighted by Gasteiger charge is -2.12. The van der Waals surface area contributed by atoms with Gasteiger partial charge < -0.3 is 14.4 Å². The lowest BCUT2D eigenvalue weighted by Crippen LogP contribution is -2.09. The smallest absolute Gasteiger partial charge is 0.416 e. The lowest BCUT2D eigenvalue weighted by atomic mass is 10.0. The molecule has 0 saturated heterocycles. The van der Waals surface area contributed by atoms with E-state index in [1.54, 1.807) is 6.92 Å². The predicted octanol–water partition coefficient (Wildman–Crippen LogP) is 6.00. The largest absolute Gasteiger partial charge is 0.477 e. The van der Waals surface area contributed by atoms with E-state index in [1.807, 2.05) is 0 Å². The molecule has 0 bridgehead atoms. The number of carbonyl (C=O) groups excluding carboxylic acids is 1. The van der Waals surface area contributed by atoms with E-state index in [9.17, 15) is 22.4 Å². The van der Waals surface area contributed by atoms with Crippen LogP contribution in [0.1, 0.15) is 28.4 Å². The number of aromatic nitrogens is 3. The van der Waals surface area contributed by atoms with Gasteiger partial charge in [-0.15, -0.1) is 0 Å². The average Bonchev–Trinajstić information content (AvgIpc) is 3.24. The number of nitrogens with one attached hydrogen (secondary N) is 2. The molecule has 6 nitrogen and oxygen atoms in total. The van der Waals surface area contributed by atoms with Crippen LogP contribution in [0.25, 0.3) is 11.0 Å². The van der Waals surface area contributed by atoms with E-state index < -0.39 is 34.7 Å². The van der Waals surface area contributed by atoms with Crippen LogP contribution in [0.3, 0.4) is 0 Å². The summed E-state index contributed by atoms with van der Waals surface area (Å²) in [6.07, 6.45) is -1.99. The fourth-order valence-electron chi connectivity index (χ4n) is 3.16. The second-order valence-electron chi connectivity index (χ2n) is 6.88. The number of alkyl halides is 3. The summed E-state index contributed by atoms with van der Waals surface area (Å²) < 4.78 is 75.9. The normalized spacial score (nSPS) is 11.6. The molecule has 0 aliphatic heterocycles. The molecule has 4 rings (SSSR count). The number of rotatable bonds is 7. The maximum Gasteiger partial charge on any atom is 0.416 e. The van der Waals surface area contributed by atoms with E-state index in [-0.39, 0.29) is 34.8 Å². The minimum atomic E-state index is -4.48. The number of hydrogen-bond acceptors (Lipinski definition) is 6. The number of nitrogens with zero attached hydrogens (tertiary/aromatic N) is 2. The van der Waals surface area contributed by atoms with Crippen molar-refractivity contribution in [3.8, 4) is 5.88 Å². The molecule has 176 valence electrons. The molecule has 0 radical (unpaired) electrons. The third-order valence-corrected chi connectivity index (χ3v) is 5.57. The van der Waals surface area contributed by atoms with Gasteiger partial charge in [-0.25, -0.2) is 18.7 Å². The van der Waals surface area contributed by atoms with Crippen LogP contribution in [0.2, 0.25) is 0 Å². The summed E-state index contributed by atoms with van der Waals surface area (Å²) in [5.74, 6) is -3.12. The number of ether oxygens (including phenoxy) is 1. The molecule has 0 amide bonds. The average molecular weight is 494 g/mol. The Hall–Kier alpha value is -3.67. The quantitative estimate of drug-likeness (QED) is 0.186. The van der Waals surface area contributed by atoms with E-state index >= 15 is 4.39 Å². The van der Waals surface area contributed by atoms with Crippen LogP contribution in [0.4, 0.5) is 27.6 Å². The molecule has 4 aromatic rings. The van der Waals surface area contributed by atoms with Gasteiger partial charge in [-0.3, -0.25) is 4.79 Å². The number of hydrogen-bond donors (Lipinski definition) is 2. The Kier molecular flexibility index (Phi) is 6.42. The van der Waals surface area contributed by atoms with Crippen molar-refractivity contribution in [1.29, 1.82) is 0 Å². The molecule has 0 unspecified atom stereocenters. The predicted molar refractivity (Wildman–Crippen MR) is 116 cm³/mol. The Morgan fingerprint density at radius 1 is 1.12 bits per heavy atom. The molecule has 2 heterocycles. The van der Waals surface area contributed by atoms with Crippen molar-refractivity contribution in [2.45, 2.75) is 18.0 Å². The van der Waals surface area contributed by atoms with Gasteiger partial charge >= 0.3 is 6.18 Å². The molecule has 0 saturated carbocycles. The Balaban J connectivity index is 1.63. The third-order valence-electron chi connectivity index (χ3n) is 4.74. The molecule has 0 aliphatic rings. The molecule has 0 spiro atoms. The van der Waals surface area contributed by atoms with E-state index in [0.29, 0.717) is 4.90 Å². The minimum absolute atomic E-state index is 0.0793. The highest BCUT2D eigenvalue weighted by atomic mass is 32.2. The molecule has 34 heavy (non-hydrogen) atoms. The maximum atomic E-state index is 15.2. The van der Waals surface area contributed by atoms with Crippen LogP contribution in [-0.4, -0.2) is 27.3 Å². The van der Waals surface area contributed by atoms with Crippen molar-refractivity contribution in [2.75, 3.05) is 11.3 Å². The molecular weight excluding hydrogens is 479 g/mol. The van der Waals surface area contributed by atoms with Crippen molar-refractivity contribution in [1.82, 2.24) is 15.0 Å². The number of halogens is 5. The van der Waals surface area contributed by atoms with Crippen LogP contribution in [0, 0.1) is 11.6 Å². The van der Waals surface area contributed by atoms with E-state index in [2.05, 4.69) is 19.7 Å². The highest BCUT2D eigenvalue weighted by Crippen LogP contribution is 2.33. The molecule has 2 aromatic carbocycles. The molecular formula is C22H15F5N4O2S. The number of aromatic amines is 1. The topological polar surface area (TPSA) is 79.9 Å². The number of H-pyrrole nitrogens is 1. The summed E-state index contributed by atoms with van der Waals surface area (Å²) in [4.78, 5) is 24.2. The summed E-state index contributed by atoms with van der Waals surface area (Å²) in [5.41, 5.74) is -1.69. The van der Waals surface area contributed by atoms with Crippen LogP contribution in [-0.2, 0) is 6.18 Å². The molecule has 0 fully saturated rings. The first-order chi connectivity index (χ1) is 16.2. The second-order valence-corrected chi connectivity index (χ2v) is 7.76. The van der Waals surface area contributed by atoms with Gasteiger partial charge in [0.2, 0.25) is 11.7 Å². The molecule has 0 aliphatic carbocycles. The summed E-state index contributed by atoms with van der Waals surface area (Å²) >= 11 is 0.805. The Bertz CT molecular complexity index is 1360. The number of ketones is 1. The van der Waals surface area contributed by atoms with Gasteiger partial charge in [-0.2, -0.15) is 13.2 Å². The van der Waals surface area contributed by atoms with Crippen LogP contribution >= 0.6 is 11.9 Å². The van der Waals surface area contributed by atoms with Gasteiger partial charge in [0.25, 0.3) is 0 Å². The van der Waals surface area contributed by atoms with E-state index in [0.717, 1.165) is 36.2 Å². The molecule has 12 heteroatoms. The van der Waals surface area contributed by atoms with Gasteiger partial charge in [-0.05, 0) is 55.3 Å². The maximum absolute atomic E-state index is 15.2. The number of anilines is 1. The first kappa shape index (κ1) is 23.5. The highest BCUT2D eigenvalue weighted by molar-refractivity contribution is 8.00. The van der Waals surface area contributed by atoms with Crippen LogP contribution in [0.15, 0.2) is 53.8 Å². The lowest BCUT2D eigenvalue weighted by molar-refractivity contribution is -0.137. The first-order valence-corrected chi connectivity index (χ1v) is 10.6. The standard InChI is InChI=1S/C22H15F5N4O2S/c1-2-33-21-16-13(9-28-20(16)29-10-30-21)19(32)17-14(23)7-8-15(18(17)24)31-34-12-5-3-11(4-6-12)22(25,26)27/h3-10,31H,2H2,1H3,(H,28,29,30). The van der Waals surface area contributed by atoms with Crippen LogP contribution in [0.5, 0.6) is 5.88 Å². The summed E-state index contributed by atoms with van der Waals surface area (Å²) in [6, 6.07) is 6.18. The van der Waals surface area contributed by atoms with Gasteiger partial charge in [-0.1, -0.05) is 0 Å². The van der Waals surface area contributed by atoms with Gasteiger partial charge in [0.15, 0.2) is 5.82 Å². The Morgan fingerprint density at radius 3 is 2.53 bits per heavy atom. The monoisotopic (exact) mass is 494 g/mol. The molecule has 0 atom stereocenters. The van der Waals surface area contributed by atoms with E-state index in [1.165, 1.54) is 24.7 Å². The fourth-order valence-corrected chi connectivity index (χ4v) is 3.82. The Morgan fingerprint density at radius 2 is 1.85 bits per heavy atom. The SMILES string of the molecule is CCOc1ncnc2[nH]cc(C(=O)c3c(F)ccc(NSc4ccc(C(F)(F)F)cc4)c3F)c12. The van der Waals surface area contributed by atoms with Crippen molar-refractivity contribution in [2.24, 2.45) is 0 Å². The summed E-state index contributed by atoms with van der Waals surface area (Å²) in [5, 5.41) is 0.186. The summed E-state index contributed by atoms with van der Waals surface area (Å²) in [7, 11) is 0. The number of carbonyl (C=O) groups is 1. The van der Waals surface area contributed by atoms with Crippen molar-refractivity contribution in [3.63, 3.8) is 0 Å². The zero-order chi connectivity index (χ0) is 24.5. The minimum Gasteiger partial charge on any atom is -0.477 e. The van der Waals surface area contributed by atoms with E-state index in [4.69, 9.17) is 4.74 Å². The number of fused-ring (bicyclic) bond motifs is 1. The fraction of sp³-hybridized carbons (Fsp3) is 0.136. The van der Waals surface area contributed by atoms with Crippen molar-refractivity contribution >= 4 is 34.5 Å². The van der Waals surface area contributed by atoms with Crippen molar-refractivity contribution < 1.29 is 31.5 Å². The van der Waals surface area contributed by atoms with Crippen molar-refractivity contribution in [3.05, 3.63) is 77.2 Å². The molecule has 2 aromatic heterocycles. The van der Waals surface area contributed by atoms with Crippen LogP contribution < -0.4 is 9.46 Å². The third kappa shape index (κ3) is 4.53. The van der Waals surface area contributed by atoms with Gasteiger partial charge in [0.1, 0.15) is 17.8 Å². The molecule has 2 N–H and O–H groups in total. The zero-order valence-corrected chi connectivity index (χ0v) is 18.2. The Labute approximate surface area is 193 Å². The van der Waals surface area contributed by atoms with Gasteiger partial charge in [0, 0.05) is 11.1 Å².